The van der Waals surface area contributed by atoms with Crippen LogP contribution in [-0.2, 0) is 11.3 Å². The second-order valence-electron chi connectivity index (χ2n) is 4.05. The second kappa shape index (κ2) is 5.68. The zero-order valence-electron chi connectivity index (χ0n) is 10.8. The molecule has 0 spiro atoms. The van der Waals surface area contributed by atoms with E-state index < -0.39 is 17.6 Å². The first-order valence-corrected chi connectivity index (χ1v) is 5.96. The van der Waals surface area contributed by atoms with Gasteiger partial charge in [0.25, 0.3) is 0 Å². The molecule has 0 radical (unpaired) electrons. The van der Waals surface area contributed by atoms with Crippen molar-refractivity contribution in [1.29, 1.82) is 0 Å². The number of aromatic nitrogens is 2. The minimum absolute atomic E-state index is 0.0289. The van der Waals surface area contributed by atoms with Crippen LogP contribution in [0.4, 0.5) is 14.6 Å². The Morgan fingerprint density at radius 1 is 1.45 bits per heavy atom. The highest BCUT2D eigenvalue weighted by molar-refractivity contribution is 5.88. The Kier molecular flexibility index (Phi) is 3.97. The van der Waals surface area contributed by atoms with Crippen LogP contribution < -0.4 is 5.73 Å². The van der Waals surface area contributed by atoms with Crippen molar-refractivity contribution in [3.05, 3.63) is 47.2 Å². The molecule has 1 aromatic heterocycles. The Bertz CT molecular complexity index is 641. The van der Waals surface area contributed by atoms with E-state index in [-0.39, 0.29) is 30.2 Å². The highest BCUT2D eigenvalue weighted by Gasteiger charge is 2.15. The van der Waals surface area contributed by atoms with Crippen LogP contribution in [0.3, 0.4) is 0 Å². The van der Waals surface area contributed by atoms with Gasteiger partial charge in [-0.2, -0.15) is 5.10 Å². The molecule has 0 unspecified atom stereocenters. The van der Waals surface area contributed by atoms with Crippen molar-refractivity contribution in [2.75, 3.05) is 12.3 Å². The molecule has 106 valence electrons. The van der Waals surface area contributed by atoms with Crippen molar-refractivity contribution in [2.24, 2.45) is 0 Å². The van der Waals surface area contributed by atoms with Crippen molar-refractivity contribution in [1.82, 2.24) is 9.78 Å². The fourth-order valence-corrected chi connectivity index (χ4v) is 1.69. The van der Waals surface area contributed by atoms with E-state index >= 15 is 0 Å². The topological polar surface area (TPSA) is 70.1 Å². The van der Waals surface area contributed by atoms with Crippen LogP contribution in [0, 0.1) is 11.6 Å². The van der Waals surface area contributed by atoms with Crippen molar-refractivity contribution >= 4 is 11.8 Å². The molecule has 20 heavy (non-hydrogen) atoms. The van der Waals surface area contributed by atoms with Crippen molar-refractivity contribution in [2.45, 2.75) is 13.5 Å². The largest absolute Gasteiger partial charge is 0.461 e. The molecule has 0 bridgehead atoms. The first-order chi connectivity index (χ1) is 9.52. The van der Waals surface area contributed by atoms with E-state index in [1.54, 1.807) is 6.92 Å². The van der Waals surface area contributed by atoms with Gasteiger partial charge in [-0.1, -0.05) is 12.1 Å². The van der Waals surface area contributed by atoms with Gasteiger partial charge in [-0.15, -0.1) is 0 Å². The molecule has 0 aliphatic carbocycles. The number of benzene rings is 1. The lowest BCUT2D eigenvalue weighted by Gasteiger charge is -2.05. The zero-order chi connectivity index (χ0) is 14.7. The Labute approximate surface area is 114 Å². The van der Waals surface area contributed by atoms with Crippen LogP contribution in [0.2, 0.25) is 0 Å². The van der Waals surface area contributed by atoms with Crippen molar-refractivity contribution in [3.63, 3.8) is 0 Å². The van der Waals surface area contributed by atoms with Gasteiger partial charge >= 0.3 is 5.97 Å². The summed E-state index contributed by atoms with van der Waals surface area (Å²) < 4.78 is 32.7. The third-order valence-electron chi connectivity index (χ3n) is 2.65. The Morgan fingerprint density at radius 3 is 2.90 bits per heavy atom. The highest BCUT2D eigenvalue weighted by Crippen LogP contribution is 2.15. The van der Waals surface area contributed by atoms with E-state index in [4.69, 9.17) is 10.5 Å². The lowest BCUT2D eigenvalue weighted by Crippen LogP contribution is -2.10. The summed E-state index contributed by atoms with van der Waals surface area (Å²) in [4.78, 5) is 11.5. The third kappa shape index (κ3) is 2.76. The number of anilines is 1. The number of ether oxygens (including phenoxy) is 1. The number of nitrogens with zero attached hydrogens (tertiary/aromatic N) is 2. The lowest BCUT2D eigenvalue weighted by molar-refractivity contribution is 0.0518. The van der Waals surface area contributed by atoms with Gasteiger partial charge in [0.1, 0.15) is 5.82 Å². The van der Waals surface area contributed by atoms with Gasteiger partial charge in [0, 0.05) is 11.6 Å². The van der Waals surface area contributed by atoms with Crippen molar-refractivity contribution in [3.8, 4) is 0 Å². The van der Waals surface area contributed by atoms with E-state index in [2.05, 4.69) is 5.10 Å². The maximum Gasteiger partial charge on any atom is 0.358 e. The molecule has 0 saturated heterocycles. The zero-order valence-corrected chi connectivity index (χ0v) is 10.8. The van der Waals surface area contributed by atoms with Crippen LogP contribution in [0.5, 0.6) is 0 Å². The molecule has 5 nitrogen and oxygen atoms in total. The lowest BCUT2D eigenvalue weighted by atomic mass is 10.2. The molecule has 0 saturated carbocycles. The van der Waals surface area contributed by atoms with Gasteiger partial charge in [-0.05, 0) is 13.0 Å². The quantitative estimate of drug-likeness (QED) is 0.870. The molecule has 0 aliphatic heterocycles. The molecule has 0 atom stereocenters. The fraction of sp³-hybridized carbons (Fsp3) is 0.231. The number of carbonyl (C=O) groups excluding carboxylic acids is 1. The minimum atomic E-state index is -0.958. The molecule has 0 aliphatic rings. The van der Waals surface area contributed by atoms with Crippen LogP contribution in [0.25, 0.3) is 0 Å². The average molecular weight is 281 g/mol. The summed E-state index contributed by atoms with van der Waals surface area (Å²) in [6.45, 7) is 1.80. The third-order valence-corrected chi connectivity index (χ3v) is 2.65. The summed E-state index contributed by atoms with van der Waals surface area (Å²) in [5, 5.41) is 3.92. The second-order valence-corrected chi connectivity index (χ2v) is 4.05. The first kappa shape index (κ1) is 14.0. The molecule has 1 heterocycles. The summed E-state index contributed by atoms with van der Waals surface area (Å²) in [5.41, 5.74) is 5.81. The standard InChI is InChI=1S/C13H13F2N3O2/c1-2-20-13(19)10-6-11(16)18(17-10)7-8-4-3-5-9(14)12(8)15/h3-6H,2,7,16H2,1H3. The predicted octanol–water partition coefficient (Wildman–Crippen LogP) is 1.97. The number of hydrogen-bond acceptors (Lipinski definition) is 4. The predicted molar refractivity (Wildman–Crippen MR) is 68.1 cm³/mol. The van der Waals surface area contributed by atoms with Gasteiger partial charge < -0.3 is 10.5 Å². The number of esters is 1. The van der Waals surface area contributed by atoms with E-state index in [1.807, 2.05) is 0 Å². The number of nitrogens with two attached hydrogens (primary N) is 1. The molecule has 2 N–H and O–H groups in total. The van der Waals surface area contributed by atoms with Gasteiger partial charge in [-0.25, -0.2) is 18.3 Å². The number of halogens is 2. The molecule has 2 rings (SSSR count). The van der Waals surface area contributed by atoms with Gasteiger partial charge in [0.05, 0.1) is 13.2 Å². The number of hydrogen-bond donors (Lipinski definition) is 1. The monoisotopic (exact) mass is 281 g/mol. The van der Waals surface area contributed by atoms with Gasteiger partial charge in [-0.3, -0.25) is 0 Å². The number of rotatable bonds is 4. The summed E-state index contributed by atoms with van der Waals surface area (Å²) in [7, 11) is 0. The van der Waals surface area contributed by atoms with Gasteiger partial charge in [0.2, 0.25) is 0 Å². The molecule has 0 fully saturated rings. The van der Waals surface area contributed by atoms with Crippen LogP contribution in [0.1, 0.15) is 23.0 Å². The van der Waals surface area contributed by atoms with Crippen LogP contribution >= 0.6 is 0 Å². The number of nitrogen functional groups attached to an aromatic ring is 1. The molecule has 0 amide bonds. The Morgan fingerprint density at radius 2 is 2.20 bits per heavy atom. The molecule has 2 aromatic rings. The number of carbonyl (C=O) groups is 1. The molecular formula is C13H13F2N3O2. The highest BCUT2D eigenvalue weighted by atomic mass is 19.2. The van der Waals surface area contributed by atoms with E-state index in [1.165, 1.54) is 22.9 Å². The summed E-state index contributed by atoms with van der Waals surface area (Å²) >= 11 is 0. The minimum Gasteiger partial charge on any atom is -0.461 e. The maximum atomic E-state index is 13.6. The smallest absolute Gasteiger partial charge is 0.358 e. The Hall–Kier alpha value is -2.44. The maximum absolute atomic E-state index is 13.6. The SMILES string of the molecule is CCOC(=O)c1cc(N)n(Cc2cccc(F)c2F)n1. The summed E-state index contributed by atoms with van der Waals surface area (Å²) in [6, 6.07) is 5.16. The van der Waals surface area contributed by atoms with E-state index in [9.17, 15) is 13.6 Å². The fourth-order valence-electron chi connectivity index (χ4n) is 1.69. The van der Waals surface area contributed by atoms with Crippen LogP contribution in [-0.4, -0.2) is 22.4 Å². The molecular weight excluding hydrogens is 268 g/mol. The molecule has 1 aromatic carbocycles. The van der Waals surface area contributed by atoms with Crippen LogP contribution in [0.15, 0.2) is 24.3 Å². The molecule has 7 heteroatoms. The van der Waals surface area contributed by atoms with E-state index in [0.717, 1.165) is 6.07 Å². The van der Waals surface area contributed by atoms with Crippen molar-refractivity contribution < 1.29 is 18.3 Å². The summed E-state index contributed by atoms with van der Waals surface area (Å²) in [6.07, 6.45) is 0. The first-order valence-electron chi connectivity index (χ1n) is 5.96. The average Bonchev–Trinajstić information content (AvgIpc) is 2.77. The van der Waals surface area contributed by atoms with E-state index in [0.29, 0.717) is 0 Å². The Balaban J connectivity index is 2.26. The van der Waals surface area contributed by atoms with Gasteiger partial charge in [0.15, 0.2) is 17.3 Å². The normalized spacial score (nSPS) is 10.6. The summed E-state index contributed by atoms with van der Waals surface area (Å²) in [5.74, 6) is -2.35.